The van der Waals surface area contributed by atoms with Gasteiger partial charge in [0.1, 0.15) is 10.6 Å². The minimum absolute atomic E-state index is 0.0347. The maximum absolute atomic E-state index is 13.5. The first-order chi connectivity index (χ1) is 14.7. The van der Waals surface area contributed by atoms with Gasteiger partial charge in [-0.05, 0) is 54.3 Å². The SMILES string of the molecule is COc1ccc(S(=O)(=O)c2c(N)c(Cl)c(C)c(Cc3ccccc3)c2C(=O)NO)cc1. The third-order valence-corrected chi connectivity index (χ3v) is 7.32. The number of ether oxygens (including phenoxy) is 1. The third kappa shape index (κ3) is 4.23. The number of nitrogens with one attached hydrogen (secondary N) is 1. The summed E-state index contributed by atoms with van der Waals surface area (Å²) in [6, 6.07) is 14.8. The zero-order valence-electron chi connectivity index (χ0n) is 16.8. The summed E-state index contributed by atoms with van der Waals surface area (Å²) in [6.45, 7) is 1.65. The van der Waals surface area contributed by atoms with E-state index >= 15 is 0 Å². The number of carbonyl (C=O) groups is 1. The molecule has 0 bridgehead atoms. The van der Waals surface area contributed by atoms with Crippen molar-refractivity contribution >= 4 is 33.0 Å². The molecule has 3 aromatic carbocycles. The Balaban J connectivity index is 2.34. The van der Waals surface area contributed by atoms with E-state index in [0.29, 0.717) is 16.9 Å². The monoisotopic (exact) mass is 460 g/mol. The quantitative estimate of drug-likeness (QED) is 0.292. The van der Waals surface area contributed by atoms with Crippen LogP contribution in [-0.4, -0.2) is 26.6 Å². The van der Waals surface area contributed by atoms with E-state index in [9.17, 15) is 18.4 Å². The highest BCUT2D eigenvalue weighted by molar-refractivity contribution is 7.91. The molecule has 0 aromatic heterocycles. The van der Waals surface area contributed by atoms with E-state index < -0.39 is 20.6 Å². The number of amides is 1. The molecular formula is C22H21ClN2O5S. The summed E-state index contributed by atoms with van der Waals surface area (Å²) in [5, 5.41) is 9.41. The first-order valence-corrected chi connectivity index (χ1v) is 11.1. The number of halogens is 1. The van der Waals surface area contributed by atoms with Crippen molar-refractivity contribution in [1.29, 1.82) is 0 Å². The molecule has 0 radical (unpaired) electrons. The average Bonchev–Trinajstić information content (AvgIpc) is 2.79. The zero-order valence-corrected chi connectivity index (χ0v) is 18.4. The molecule has 7 nitrogen and oxygen atoms in total. The molecule has 162 valence electrons. The molecule has 0 atom stereocenters. The van der Waals surface area contributed by atoms with Gasteiger partial charge in [-0.15, -0.1) is 0 Å². The van der Waals surface area contributed by atoms with E-state index in [0.717, 1.165) is 5.56 Å². The van der Waals surface area contributed by atoms with Gasteiger partial charge < -0.3 is 10.5 Å². The van der Waals surface area contributed by atoms with Crippen molar-refractivity contribution in [3.63, 3.8) is 0 Å². The molecule has 0 spiro atoms. The predicted molar refractivity (Wildman–Crippen MR) is 118 cm³/mol. The first-order valence-electron chi connectivity index (χ1n) is 9.20. The lowest BCUT2D eigenvalue weighted by Crippen LogP contribution is -2.25. The van der Waals surface area contributed by atoms with Gasteiger partial charge in [-0.25, -0.2) is 13.9 Å². The van der Waals surface area contributed by atoms with Crippen LogP contribution in [-0.2, 0) is 16.3 Å². The molecule has 0 aliphatic heterocycles. The van der Waals surface area contributed by atoms with Crippen molar-refractivity contribution in [3.8, 4) is 5.75 Å². The Morgan fingerprint density at radius 2 is 1.74 bits per heavy atom. The smallest absolute Gasteiger partial charge is 0.276 e. The van der Waals surface area contributed by atoms with Gasteiger partial charge in [-0.2, -0.15) is 0 Å². The summed E-state index contributed by atoms with van der Waals surface area (Å²) in [4.78, 5) is 12.1. The number of carbonyl (C=O) groups excluding carboxylic acids is 1. The number of hydrogen-bond donors (Lipinski definition) is 3. The number of nitrogen functional groups attached to an aromatic ring is 1. The Kier molecular flexibility index (Phi) is 6.54. The lowest BCUT2D eigenvalue weighted by molar-refractivity contribution is 0.0701. The van der Waals surface area contributed by atoms with Crippen LogP contribution >= 0.6 is 11.6 Å². The summed E-state index contributed by atoms with van der Waals surface area (Å²) >= 11 is 6.41. The third-order valence-electron chi connectivity index (χ3n) is 4.98. The van der Waals surface area contributed by atoms with E-state index in [1.54, 1.807) is 12.4 Å². The number of methoxy groups -OCH3 is 1. The Labute approximate surface area is 185 Å². The van der Waals surface area contributed by atoms with Crippen LogP contribution in [0.15, 0.2) is 64.4 Å². The number of benzene rings is 3. The molecule has 0 aliphatic carbocycles. The van der Waals surface area contributed by atoms with Gasteiger partial charge >= 0.3 is 0 Å². The van der Waals surface area contributed by atoms with Gasteiger partial charge in [0, 0.05) is 0 Å². The van der Waals surface area contributed by atoms with E-state index in [2.05, 4.69) is 0 Å². The Morgan fingerprint density at radius 1 is 1.13 bits per heavy atom. The van der Waals surface area contributed by atoms with Crippen molar-refractivity contribution < 1.29 is 23.2 Å². The molecular weight excluding hydrogens is 440 g/mol. The van der Waals surface area contributed by atoms with Crippen LogP contribution in [0.25, 0.3) is 0 Å². The second-order valence-electron chi connectivity index (χ2n) is 6.82. The highest BCUT2D eigenvalue weighted by Gasteiger charge is 2.33. The molecule has 0 heterocycles. The summed E-state index contributed by atoms with van der Waals surface area (Å²) in [7, 11) is -2.81. The number of rotatable bonds is 6. The van der Waals surface area contributed by atoms with Gasteiger partial charge in [-0.1, -0.05) is 41.9 Å². The average molecular weight is 461 g/mol. The Hall–Kier alpha value is -3.07. The van der Waals surface area contributed by atoms with Gasteiger partial charge in [0.25, 0.3) is 5.91 Å². The van der Waals surface area contributed by atoms with Gasteiger partial charge in [0.05, 0.1) is 28.3 Å². The summed E-state index contributed by atoms with van der Waals surface area (Å²) in [6.07, 6.45) is 0.209. The fourth-order valence-corrected chi connectivity index (χ4v) is 5.23. The lowest BCUT2D eigenvalue weighted by Gasteiger charge is -2.20. The second kappa shape index (κ2) is 8.97. The molecule has 0 saturated carbocycles. The first kappa shape index (κ1) is 22.6. The van der Waals surface area contributed by atoms with Crippen LogP contribution in [0, 0.1) is 6.92 Å². The molecule has 3 aromatic rings. The summed E-state index contributed by atoms with van der Waals surface area (Å²) in [5.41, 5.74) is 8.79. The number of nitrogens with two attached hydrogens (primary N) is 1. The highest BCUT2D eigenvalue weighted by atomic mass is 35.5. The maximum Gasteiger partial charge on any atom is 0.276 e. The van der Waals surface area contributed by atoms with E-state index in [1.807, 2.05) is 30.3 Å². The number of hydrogen-bond acceptors (Lipinski definition) is 6. The number of anilines is 1. The minimum Gasteiger partial charge on any atom is -0.497 e. The molecule has 1 amide bonds. The van der Waals surface area contributed by atoms with Crippen LogP contribution < -0.4 is 16.0 Å². The second-order valence-corrected chi connectivity index (χ2v) is 9.08. The molecule has 3 rings (SSSR count). The van der Waals surface area contributed by atoms with E-state index in [4.69, 9.17) is 22.1 Å². The largest absolute Gasteiger partial charge is 0.497 e. The van der Waals surface area contributed by atoms with Crippen LogP contribution in [0.3, 0.4) is 0 Å². The van der Waals surface area contributed by atoms with Crippen LogP contribution in [0.1, 0.15) is 27.0 Å². The Morgan fingerprint density at radius 3 is 2.29 bits per heavy atom. The summed E-state index contributed by atoms with van der Waals surface area (Å²) < 4.78 is 32.1. The van der Waals surface area contributed by atoms with E-state index in [1.165, 1.54) is 31.4 Å². The van der Waals surface area contributed by atoms with Crippen LogP contribution in [0.5, 0.6) is 5.75 Å². The zero-order chi connectivity index (χ0) is 22.8. The van der Waals surface area contributed by atoms with Gasteiger partial charge in [-0.3, -0.25) is 10.0 Å². The van der Waals surface area contributed by atoms with Crippen LogP contribution in [0.4, 0.5) is 5.69 Å². The normalized spacial score (nSPS) is 11.2. The van der Waals surface area contributed by atoms with Gasteiger partial charge in [0.15, 0.2) is 0 Å². The predicted octanol–water partition coefficient (Wildman–Crippen LogP) is 3.78. The van der Waals surface area contributed by atoms with Crippen molar-refractivity contribution in [1.82, 2.24) is 5.48 Å². The Bertz CT molecular complexity index is 1230. The summed E-state index contributed by atoms with van der Waals surface area (Å²) in [5.74, 6) is -0.531. The molecule has 0 unspecified atom stereocenters. The fourth-order valence-electron chi connectivity index (χ4n) is 3.36. The number of hydroxylamine groups is 1. The molecule has 0 fully saturated rings. The van der Waals surface area contributed by atoms with Crippen molar-refractivity contribution in [3.05, 3.63) is 81.9 Å². The minimum atomic E-state index is -4.27. The molecule has 4 N–H and O–H groups in total. The standard InChI is InChI=1S/C22H21ClN2O5S/c1-13-17(12-14-6-4-3-5-7-14)18(22(26)25-27)21(20(24)19(13)23)31(28,29)16-10-8-15(30-2)9-11-16/h3-11,27H,12,24H2,1-2H3,(H,25,26). The molecule has 9 heteroatoms. The maximum atomic E-state index is 13.5. The molecule has 0 saturated heterocycles. The van der Waals surface area contributed by atoms with Crippen molar-refractivity contribution in [2.75, 3.05) is 12.8 Å². The van der Waals surface area contributed by atoms with Crippen molar-refractivity contribution in [2.45, 2.75) is 23.1 Å². The van der Waals surface area contributed by atoms with Gasteiger partial charge in [0.2, 0.25) is 9.84 Å². The lowest BCUT2D eigenvalue weighted by atomic mass is 9.94. The molecule has 0 aliphatic rings. The fraction of sp³-hybridized carbons (Fsp3) is 0.136. The molecule has 31 heavy (non-hydrogen) atoms. The highest BCUT2D eigenvalue weighted by Crippen LogP contribution is 2.40. The van der Waals surface area contributed by atoms with Crippen LogP contribution in [0.2, 0.25) is 5.02 Å². The topological polar surface area (TPSA) is 119 Å². The van der Waals surface area contributed by atoms with Crippen molar-refractivity contribution in [2.24, 2.45) is 0 Å². The van der Waals surface area contributed by atoms with E-state index in [-0.39, 0.29) is 27.6 Å². The number of sulfone groups is 1.